The molecule has 0 saturated carbocycles. The number of hydrogen-bond acceptors (Lipinski definition) is 7. The van der Waals surface area contributed by atoms with Crippen molar-refractivity contribution >= 4 is 29.8 Å². The molecule has 0 fully saturated rings. The summed E-state index contributed by atoms with van der Waals surface area (Å²) in [6.07, 6.45) is 3.18. The van der Waals surface area contributed by atoms with Crippen LogP contribution >= 0.6 is 0 Å². The number of anilines is 3. The van der Waals surface area contributed by atoms with Crippen molar-refractivity contribution < 1.29 is 14.3 Å². The van der Waals surface area contributed by atoms with Crippen LogP contribution in [0.4, 0.5) is 22.1 Å². The van der Waals surface area contributed by atoms with Gasteiger partial charge in [0.1, 0.15) is 11.4 Å². The van der Waals surface area contributed by atoms with Crippen LogP contribution in [0.2, 0.25) is 0 Å². The standard InChI is InChI=1S/C21H29N5O3/c1-7-23-18-11-10-17(26(14-27)20(28)29-21(3,4)5)19(24-18)25(6)15(2)16-9-8-12-22-13-16/h8-15H,7H2,1-6H3,(H,23,24). The number of carbonyl (C=O) groups is 2. The molecule has 0 aliphatic heterocycles. The molecule has 156 valence electrons. The Morgan fingerprint density at radius 3 is 2.59 bits per heavy atom. The molecule has 2 aromatic heterocycles. The molecule has 2 amide bonds. The first-order valence-corrected chi connectivity index (χ1v) is 9.53. The Labute approximate surface area is 171 Å². The van der Waals surface area contributed by atoms with Crippen LogP contribution in [0, 0.1) is 0 Å². The van der Waals surface area contributed by atoms with E-state index in [1.165, 1.54) is 0 Å². The summed E-state index contributed by atoms with van der Waals surface area (Å²) in [5, 5.41) is 3.16. The Bertz CT molecular complexity index is 836. The van der Waals surface area contributed by atoms with Crippen molar-refractivity contribution in [2.75, 3.05) is 28.7 Å². The molecule has 8 nitrogen and oxygen atoms in total. The lowest BCUT2D eigenvalue weighted by Gasteiger charge is -2.31. The molecule has 1 unspecified atom stereocenters. The first kappa shape index (κ1) is 22.1. The first-order valence-electron chi connectivity index (χ1n) is 9.53. The molecule has 29 heavy (non-hydrogen) atoms. The van der Waals surface area contributed by atoms with Gasteiger partial charge in [0.15, 0.2) is 5.82 Å². The second kappa shape index (κ2) is 9.36. The van der Waals surface area contributed by atoms with Gasteiger partial charge in [-0.2, -0.15) is 0 Å². The number of hydrogen-bond donors (Lipinski definition) is 1. The third kappa shape index (κ3) is 5.66. The van der Waals surface area contributed by atoms with Crippen LogP contribution < -0.4 is 15.1 Å². The summed E-state index contributed by atoms with van der Waals surface area (Å²) in [5.74, 6) is 1.12. The molecule has 0 aliphatic rings. The number of aromatic nitrogens is 2. The van der Waals surface area contributed by atoms with E-state index in [1.807, 2.05) is 37.9 Å². The minimum absolute atomic E-state index is 0.0982. The predicted octanol–water partition coefficient (Wildman–Crippen LogP) is 4.00. The monoisotopic (exact) mass is 399 g/mol. The van der Waals surface area contributed by atoms with Crippen LogP contribution in [-0.4, -0.2) is 41.7 Å². The average molecular weight is 399 g/mol. The number of rotatable bonds is 7. The Kier molecular flexibility index (Phi) is 7.14. The molecule has 2 aromatic rings. The SMILES string of the molecule is CCNc1ccc(N(C=O)C(=O)OC(C)(C)C)c(N(C)C(C)c2cccnc2)n1. The maximum absolute atomic E-state index is 12.6. The van der Waals surface area contributed by atoms with Crippen LogP contribution in [0.25, 0.3) is 0 Å². The fraction of sp³-hybridized carbons (Fsp3) is 0.429. The molecule has 0 spiro atoms. The van der Waals surface area contributed by atoms with Gasteiger partial charge in [0.25, 0.3) is 0 Å². The Balaban J connectivity index is 2.49. The van der Waals surface area contributed by atoms with Crippen LogP contribution in [0.15, 0.2) is 36.7 Å². The highest BCUT2D eigenvalue weighted by atomic mass is 16.6. The molecule has 2 heterocycles. The van der Waals surface area contributed by atoms with Crippen molar-refractivity contribution in [3.05, 3.63) is 42.2 Å². The van der Waals surface area contributed by atoms with E-state index < -0.39 is 11.7 Å². The number of amides is 2. The van der Waals surface area contributed by atoms with Crippen molar-refractivity contribution in [2.24, 2.45) is 0 Å². The highest BCUT2D eigenvalue weighted by molar-refractivity contribution is 6.05. The molecule has 0 saturated heterocycles. The van der Waals surface area contributed by atoms with Crippen LogP contribution in [0.5, 0.6) is 0 Å². The maximum Gasteiger partial charge on any atom is 0.421 e. The average Bonchev–Trinajstić information content (AvgIpc) is 2.68. The molecule has 0 aromatic carbocycles. The maximum atomic E-state index is 12.6. The summed E-state index contributed by atoms with van der Waals surface area (Å²) in [4.78, 5) is 36.1. The largest absolute Gasteiger partial charge is 0.443 e. The van der Waals surface area contributed by atoms with E-state index in [1.54, 1.807) is 45.3 Å². The topological polar surface area (TPSA) is 87.7 Å². The van der Waals surface area contributed by atoms with Crippen molar-refractivity contribution in [3.8, 4) is 0 Å². The van der Waals surface area contributed by atoms with Crippen LogP contribution in [0.3, 0.4) is 0 Å². The Morgan fingerprint density at radius 2 is 2.03 bits per heavy atom. The van der Waals surface area contributed by atoms with Crippen LogP contribution in [0.1, 0.15) is 46.2 Å². The number of pyridine rings is 2. The van der Waals surface area contributed by atoms with Gasteiger partial charge in [-0.25, -0.2) is 14.7 Å². The number of nitrogens with one attached hydrogen (secondary N) is 1. The molecule has 0 bridgehead atoms. The van der Waals surface area contributed by atoms with Gasteiger partial charge in [0.2, 0.25) is 6.41 Å². The summed E-state index contributed by atoms with van der Waals surface area (Å²) in [5.41, 5.74) is 0.588. The summed E-state index contributed by atoms with van der Waals surface area (Å²) in [6, 6.07) is 7.14. The van der Waals surface area contributed by atoms with Gasteiger partial charge in [0.05, 0.1) is 11.7 Å². The number of ether oxygens (including phenoxy) is 1. The quantitative estimate of drug-likeness (QED) is 0.704. The molecular weight excluding hydrogens is 370 g/mol. The summed E-state index contributed by atoms with van der Waals surface area (Å²) < 4.78 is 5.39. The zero-order valence-corrected chi connectivity index (χ0v) is 17.8. The second-order valence-corrected chi connectivity index (χ2v) is 7.60. The van der Waals surface area contributed by atoms with Crippen molar-refractivity contribution in [3.63, 3.8) is 0 Å². The highest BCUT2D eigenvalue weighted by Crippen LogP contribution is 2.33. The highest BCUT2D eigenvalue weighted by Gasteiger charge is 2.28. The van der Waals surface area contributed by atoms with Gasteiger partial charge in [0, 0.05) is 26.0 Å². The minimum atomic E-state index is -0.755. The molecule has 1 atom stereocenters. The molecule has 0 radical (unpaired) electrons. The Hall–Kier alpha value is -3.16. The van der Waals surface area contributed by atoms with E-state index in [2.05, 4.69) is 15.3 Å². The van der Waals surface area contributed by atoms with Gasteiger partial charge < -0.3 is 15.0 Å². The summed E-state index contributed by atoms with van der Waals surface area (Å²) in [6.45, 7) is 9.90. The third-order valence-corrected chi connectivity index (χ3v) is 4.25. The number of nitrogens with zero attached hydrogens (tertiary/aromatic N) is 4. The van der Waals surface area contributed by atoms with E-state index in [0.29, 0.717) is 30.3 Å². The summed E-state index contributed by atoms with van der Waals surface area (Å²) in [7, 11) is 1.86. The molecule has 1 N–H and O–H groups in total. The lowest BCUT2D eigenvalue weighted by atomic mass is 10.1. The molecule has 2 rings (SSSR count). The summed E-state index contributed by atoms with van der Waals surface area (Å²) >= 11 is 0. The van der Waals surface area contributed by atoms with Crippen molar-refractivity contribution in [1.29, 1.82) is 0 Å². The van der Waals surface area contributed by atoms with Crippen LogP contribution in [-0.2, 0) is 9.53 Å². The molecular formula is C21H29N5O3. The second-order valence-electron chi connectivity index (χ2n) is 7.60. The van der Waals surface area contributed by atoms with Gasteiger partial charge in [-0.3, -0.25) is 9.78 Å². The van der Waals surface area contributed by atoms with E-state index in [0.717, 1.165) is 10.5 Å². The van der Waals surface area contributed by atoms with Gasteiger partial charge in [-0.05, 0) is 58.4 Å². The third-order valence-electron chi connectivity index (χ3n) is 4.25. The van der Waals surface area contributed by atoms with E-state index in [9.17, 15) is 9.59 Å². The van der Waals surface area contributed by atoms with E-state index >= 15 is 0 Å². The fourth-order valence-corrected chi connectivity index (χ4v) is 2.71. The normalized spacial score (nSPS) is 12.1. The lowest BCUT2D eigenvalue weighted by molar-refractivity contribution is -0.107. The number of imide groups is 1. The van der Waals surface area contributed by atoms with Gasteiger partial charge in [-0.1, -0.05) is 6.07 Å². The Morgan fingerprint density at radius 1 is 1.31 bits per heavy atom. The van der Waals surface area contributed by atoms with E-state index in [4.69, 9.17) is 4.74 Å². The lowest BCUT2D eigenvalue weighted by Crippen LogP contribution is -2.37. The van der Waals surface area contributed by atoms with Crippen molar-refractivity contribution in [2.45, 2.75) is 46.3 Å². The smallest absolute Gasteiger partial charge is 0.421 e. The van der Waals surface area contributed by atoms with Gasteiger partial charge >= 0.3 is 6.09 Å². The fourth-order valence-electron chi connectivity index (χ4n) is 2.71. The zero-order chi connectivity index (χ0) is 21.6. The minimum Gasteiger partial charge on any atom is -0.443 e. The first-order chi connectivity index (χ1) is 13.7. The zero-order valence-electron chi connectivity index (χ0n) is 17.8. The van der Waals surface area contributed by atoms with Crippen molar-refractivity contribution in [1.82, 2.24) is 9.97 Å². The van der Waals surface area contributed by atoms with Gasteiger partial charge in [-0.15, -0.1) is 0 Å². The molecule has 0 aliphatic carbocycles. The number of carbonyl (C=O) groups excluding carboxylic acids is 2. The molecule has 8 heteroatoms. The van der Waals surface area contributed by atoms with E-state index in [-0.39, 0.29) is 6.04 Å². The predicted molar refractivity (Wildman–Crippen MR) is 114 cm³/mol.